The molecule has 2 aromatic rings. The number of hydrogen-bond acceptors (Lipinski definition) is 4. The second kappa shape index (κ2) is 8.99. The molecule has 0 spiro atoms. The third-order valence-electron chi connectivity index (χ3n) is 3.21. The van der Waals surface area contributed by atoms with Gasteiger partial charge in [0.1, 0.15) is 17.3 Å². The Bertz CT molecular complexity index is 773. The van der Waals surface area contributed by atoms with E-state index in [1.165, 1.54) is 19.1 Å². The number of nitrogens with one attached hydrogen (secondary N) is 1. The Kier molecular flexibility index (Phi) is 6.72. The Morgan fingerprint density at radius 3 is 2.54 bits per heavy atom. The van der Waals surface area contributed by atoms with Crippen LogP contribution in [0.15, 0.2) is 42.6 Å². The molecule has 0 bridgehead atoms. The molecule has 26 heavy (non-hydrogen) atoms. The normalized spacial score (nSPS) is 12.2. The first kappa shape index (κ1) is 19.4. The van der Waals surface area contributed by atoms with Crippen LogP contribution in [0.25, 0.3) is 6.08 Å². The van der Waals surface area contributed by atoms with Crippen LogP contribution >= 0.6 is 0 Å². The number of halogens is 1. The molecule has 1 aromatic carbocycles. The van der Waals surface area contributed by atoms with E-state index in [0.717, 1.165) is 5.56 Å². The summed E-state index contributed by atoms with van der Waals surface area (Å²) in [4.78, 5) is 15.2. The van der Waals surface area contributed by atoms with Gasteiger partial charge in [0.25, 0.3) is 0 Å². The fourth-order valence-electron chi connectivity index (χ4n) is 2.23. The van der Waals surface area contributed by atoms with E-state index in [1.54, 1.807) is 18.3 Å². The van der Waals surface area contributed by atoms with E-state index in [0.29, 0.717) is 17.4 Å². The first-order valence-electron chi connectivity index (χ1n) is 8.38. The number of benzene rings is 1. The molecule has 1 heterocycles. The fourth-order valence-corrected chi connectivity index (χ4v) is 2.23. The van der Waals surface area contributed by atoms with Gasteiger partial charge in [-0.1, -0.05) is 12.2 Å². The van der Waals surface area contributed by atoms with E-state index in [2.05, 4.69) is 10.3 Å². The van der Waals surface area contributed by atoms with Crippen molar-refractivity contribution in [1.82, 2.24) is 10.3 Å². The predicted molar refractivity (Wildman–Crippen MR) is 98.8 cm³/mol. The maximum atomic E-state index is 13.7. The number of carbonyl (C=O) groups is 1. The number of aromatic nitrogens is 1. The van der Waals surface area contributed by atoms with Crippen molar-refractivity contribution >= 4 is 12.0 Å². The fraction of sp³-hybridized carbons (Fsp3) is 0.300. The van der Waals surface area contributed by atoms with Crippen LogP contribution in [0.4, 0.5) is 4.39 Å². The van der Waals surface area contributed by atoms with Crippen molar-refractivity contribution in [3.63, 3.8) is 0 Å². The standard InChI is InChI=1S/C20H23FN2O3/c1-13(2)25-18-9-17(21)10-19(11-18)26-20-8-7-16(12-22-20)6-5-14(3)23-15(4)24/h5-14H,1-4H3,(H,23,24)/t14-/m0/s1. The molecule has 2 rings (SSSR count). The van der Waals surface area contributed by atoms with Crippen molar-refractivity contribution < 1.29 is 18.7 Å². The van der Waals surface area contributed by atoms with Crippen LogP contribution in [-0.2, 0) is 4.79 Å². The molecular formula is C20H23FN2O3. The Labute approximate surface area is 152 Å². The second-order valence-electron chi connectivity index (χ2n) is 6.17. The quantitative estimate of drug-likeness (QED) is 0.800. The van der Waals surface area contributed by atoms with Gasteiger partial charge in [0, 0.05) is 43.4 Å². The maximum absolute atomic E-state index is 13.7. The highest BCUT2D eigenvalue weighted by atomic mass is 19.1. The third kappa shape index (κ3) is 6.55. The highest BCUT2D eigenvalue weighted by Gasteiger charge is 2.06. The lowest BCUT2D eigenvalue weighted by Crippen LogP contribution is -2.28. The monoisotopic (exact) mass is 358 g/mol. The Morgan fingerprint density at radius 1 is 1.19 bits per heavy atom. The summed E-state index contributed by atoms with van der Waals surface area (Å²) in [6, 6.07) is 7.64. The minimum absolute atomic E-state index is 0.0614. The molecule has 0 aliphatic rings. The van der Waals surface area contributed by atoms with Crippen LogP contribution < -0.4 is 14.8 Å². The Hall–Kier alpha value is -2.89. The van der Waals surface area contributed by atoms with E-state index in [9.17, 15) is 9.18 Å². The summed E-state index contributed by atoms with van der Waals surface area (Å²) in [5.41, 5.74) is 0.859. The van der Waals surface area contributed by atoms with Gasteiger partial charge in [-0.2, -0.15) is 0 Å². The molecule has 0 saturated carbocycles. The Morgan fingerprint density at radius 2 is 1.92 bits per heavy atom. The van der Waals surface area contributed by atoms with Crippen LogP contribution in [0.5, 0.6) is 17.4 Å². The van der Waals surface area contributed by atoms with Gasteiger partial charge in [-0.15, -0.1) is 0 Å². The molecule has 0 fully saturated rings. The number of nitrogens with zero attached hydrogens (tertiary/aromatic N) is 1. The molecule has 1 atom stereocenters. The average molecular weight is 358 g/mol. The summed E-state index contributed by atoms with van der Waals surface area (Å²) in [7, 11) is 0. The number of rotatable bonds is 7. The lowest BCUT2D eigenvalue weighted by Gasteiger charge is -2.11. The molecule has 0 aliphatic carbocycles. The van der Waals surface area contributed by atoms with Crippen molar-refractivity contribution in [3.05, 3.63) is 54.0 Å². The maximum Gasteiger partial charge on any atom is 0.219 e. The molecular weight excluding hydrogens is 335 g/mol. The average Bonchev–Trinajstić information content (AvgIpc) is 2.52. The predicted octanol–water partition coefficient (Wildman–Crippen LogP) is 4.34. The van der Waals surface area contributed by atoms with Crippen LogP contribution in [-0.4, -0.2) is 23.0 Å². The van der Waals surface area contributed by atoms with E-state index < -0.39 is 5.82 Å². The van der Waals surface area contributed by atoms with Gasteiger partial charge in [-0.3, -0.25) is 4.79 Å². The number of amides is 1. The highest BCUT2D eigenvalue weighted by molar-refractivity contribution is 5.73. The van der Waals surface area contributed by atoms with Crippen molar-refractivity contribution in [2.24, 2.45) is 0 Å². The molecule has 5 nitrogen and oxygen atoms in total. The van der Waals surface area contributed by atoms with Crippen LogP contribution in [0.3, 0.4) is 0 Å². The summed E-state index contributed by atoms with van der Waals surface area (Å²) in [6.07, 6.45) is 5.29. The number of hydrogen-bond donors (Lipinski definition) is 1. The van der Waals surface area contributed by atoms with Crippen molar-refractivity contribution in [1.29, 1.82) is 0 Å². The molecule has 0 radical (unpaired) electrons. The van der Waals surface area contributed by atoms with Gasteiger partial charge in [-0.25, -0.2) is 9.37 Å². The van der Waals surface area contributed by atoms with E-state index in [4.69, 9.17) is 9.47 Å². The van der Waals surface area contributed by atoms with Gasteiger partial charge < -0.3 is 14.8 Å². The minimum atomic E-state index is -0.440. The zero-order valence-corrected chi connectivity index (χ0v) is 15.3. The van der Waals surface area contributed by atoms with Crippen molar-refractivity contribution in [2.45, 2.75) is 39.8 Å². The number of ether oxygens (including phenoxy) is 2. The number of pyridine rings is 1. The second-order valence-corrected chi connectivity index (χ2v) is 6.17. The lowest BCUT2D eigenvalue weighted by molar-refractivity contribution is -0.119. The minimum Gasteiger partial charge on any atom is -0.491 e. The molecule has 0 unspecified atom stereocenters. The van der Waals surface area contributed by atoms with Crippen molar-refractivity contribution in [2.75, 3.05) is 0 Å². The molecule has 1 amide bonds. The summed E-state index contributed by atoms with van der Waals surface area (Å²) in [5.74, 6) is 0.542. The number of carbonyl (C=O) groups excluding carboxylic acids is 1. The van der Waals surface area contributed by atoms with Gasteiger partial charge >= 0.3 is 0 Å². The lowest BCUT2D eigenvalue weighted by atomic mass is 10.2. The molecule has 1 N–H and O–H groups in total. The molecule has 6 heteroatoms. The SMILES string of the molecule is CC(=O)N[C@@H](C)C=Cc1ccc(Oc2cc(F)cc(OC(C)C)c2)nc1. The summed E-state index contributed by atoms with van der Waals surface area (Å²) in [6.45, 7) is 7.09. The largest absolute Gasteiger partial charge is 0.491 e. The summed E-state index contributed by atoms with van der Waals surface area (Å²) in [5, 5.41) is 2.76. The highest BCUT2D eigenvalue weighted by Crippen LogP contribution is 2.26. The first-order valence-corrected chi connectivity index (χ1v) is 8.38. The zero-order valence-electron chi connectivity index (χ0n) is 15.3. The molecule has 0 saturated heterocycles. The zero-order chi connectivity index (χ0) is 19.1. The van der Waals surface area contributed by atoms with Gasteiger partial charge in [0.05, 0.1) is 6.10 Å². The van der Waals surface area contributed by atoms with E-state index in [1.807, 2.05) is 39.0 Å². The smallest absolute Gasteiger partial charge is 0.219 e. The van der Waals surface area contributed by atoms with Crippen LogP contribution in [0.1, 0.15) is 33.3 Å². The molecule has 138 valence electrons. The van der Waals surface area contributed by atoms with Crippen LogP contribution in [0, 0.1) is 5.82 Å². The topological polar surface area (TPSA) is 60.5 Å². The molecule has 1 aromatic heterocycles. The van der Waals surface area contributed by atoms with Gasteiger partial charge in [0.15, 0.2) is 0 Å². The van der Waals surface area contributed by atoms with Crippen molar-refractivity contribution in [3.8, 4) is 17.4 Å². The van der Waals surface area contributed by atoms with Gasteiger partial charge in [-0.05, 0) is 32.4 Å². The van der Waals surface area contributed by atoms with E-state index in [-0.39, 0.29) is 18.1 Å². The first-order chi connectivity index (χ1) is 12.3. The van der Waals surface area contributed by atoms with Crippen LogP contribution in [0.2, 0.25) is 0 Å². The van der Waals surface area contributed by atoms with E-state index >= 15 is 0 Å². The Balaban J connectivity index is 2.04. The molecule has 0 aliphatic heterocycles. The summed E-state index contributed by atoms with van der Waals surface area (Å²) < 4.78 is 24.8. The summed E-state index contributed by atoms with van der Waals surface area (Å²) >= 11 is 0. The third-order valence-corrected chi connectivity index (χ3v) is 3.21. The van der Waals surface area contributed by atoms with Gasteiger partial charge in [0.2, 0.25) is 11.8 Å².